The summed E-state index contributed by atoms with van der Waals surface area (Å²) in [4.78, 5) is 12.0. The maximum atomic E-state index is 12.0. The third kappa shape index (κ3) is 5.90. The lowest BCUT2D eigenvalue weighted by Gasteiger charge is -2.32. The minimum Gasteiger partial charge on any atom is -0.507 e. The Kier molecular flexibility index (Phi) is 9.01. The summed E-state index contributed by atoms with van der Waals surface area (Å²) >= 11 is 0. The number of phenolic OH excluding ortho intramolecular Hbond substituents is 1. The van der Waals surface area contributed by atoms with Gasteiger partial charge in [-0.3, -0.25) is 0 Å². The summed E-state index contributed by atoms with van der Waals surface area (Å²) in [5.74, 6) is -1.64. The molecular formula is C26H38O4. The van der Waals surface area contributed by atoms with Crippen molar-refractivity contribution in [2.75, 3.05) is 0 Å². The molecule has 0 aliphatic heterocycles. The molecule has 4 heteroatoms. The zero-order valence-corrected chi connectivity index (χ0v) is 18.8. The molecule has 166 valence electrons. The highest BCUT2D eigenvalue weighted by Gasteiger charge is 2.32. The molecule has 0 unspecified atom stereocenters. The molecule has 2 atom stereocenters. The van der Waals surface area contributed by atoms with Gasteiger partial charge in [0.15, 0.2) is 0 Å². The van der Waals surface area contributed by atoms with Crippen molar-refractivity contribution in [1.29, 1.82) is 0 Å². The van der Waals surface area contributed by atoms with Crippen molar-refractivity contribution in [2.24, 2.45) is 5.92 Å². The van der Waals surface area contributed by atoms with Gasteiger partial charge < -0.3 is 15.3 Å². The summed E-state index contributed by atoms with van der Waals surface area (Å²) in [6.07, 6.45) is 12.3. The van der Waals surface area contributed by atoms with Crippen LogP contribution in [0.25, 0.3) is 0 Å². The number of phenols is 2. The summed E-state index contributed by atoms with van der Waals surface area (Å²) in [6, 6.07) is 1.56. The molecule has 0 saturated heterocycles. The maximum absolute atomic E-state index is 12.0. The van der Waals surface area contributed by atoms with Gasteiger partial charge in [-0.1, -0.05) is 69.2 Å². The lowest BCUT2D eigenvalue weighted by Crippen LogP contribution is -2.18. The molecule has 0 bridgehead atoms. The van der Waals surface area contributed by atoms with Gasteiger partial charge in [-0.05, 0) is 57.1 Å². The molecule has 1 aromatic carbocycles. The number of hydrogen-bond donors (Lipinski definition) is 3. The second kappa shape index (κ2) is 11.2. The summed E-state index contributed by atoms with van der Waals surface area (Å²) < 4.78 is 0. The SMILES string of the molecule is C=C(C)[C@@H]1CCC(C)=C[C@H]1c1c(O)cc(CCCCCCCCC)c(C(=O)O)c1O. The minimum absolute atomic E-state index is 0.0161. The Labute approximate surface area is 181 Å². The monoisotopic (exact) mass is 414 g/mol. The number of hydrogen-bond acceptors (Lipinski definition) is 3. The van der Waals surface area contributed by atoms with E-state index in [2.05, 4.69) is 13.5 Å². The third-order valence-electron chi connectivity index (χ3n) is 6.38. The summed E-state index contributed by atoms with van der Waals surface area (Å²) in [7, 11) is 0. The average Bonchev–Trinajstić information content (AvgIpc) is 2.66. The Morgan fingerprint density at radius 1 is 1.13 bits per heavy atom. The lowest BCUT2D eigenvalue weighted by molar-refractivity contribution is 0.0692. The lowest BCUT2D eigenvalue weighted by atomic mass is 9.73. The molecule has 0 fully saturated rings. The van der Waals surface area contributed by atoms with Crippen LogP contribution < -0.4 is 0 Å². The van der Waals surface area contributed by atoms with Crippen LogP contribution in [0.2, 0.25) is 0 Å². The van der Waals surface area contributed by atoms with Gasteiger partial charge in [0.05, 0.1) is 0 Å². The first-order valence-corrected chi connectivity index (χ1v) is 11.4. The van der Waals surface area contributed by atoms with Crippen LogP contribution in [-0.4, -0.2) is 21.3 Å². The molecule has 3 N–H and O–H groups in total. The molecule has 30 heavy (non-hydrogen) atoms. The van der Waals surface area contributed by atoms with Crippen molar-refractivity contribution in [3.63, 3.8) is 0 Å². The van der Waals surface area contributed by atoms with Crippen molar-refractivity contribution in [1.82, 2.24) is 0 Å². The Bertz CT molecular complexity index is 791. The Morgan fingerprint density at radius 3 is 2.37 bits per heavy atom. The smallest absolute Gasteiger partial charge is 0.339 e. The first kappa shape index (κ1) is 24.0. The van der Waals surface area contributed by atoms with E-state index in [0.29, 0.717) is 17.5 Å². The second-order valence-corrected chi connectivity index (χ2v) is 8.90. The quantitative estimate of drug-likeness (QED) is 0.266. The van der Waals surface area contributed by atoms with E-state index < -0.39 is 5.97 Å². The molecule has 4 nitrogen and oxygen atoms in total. The summed E-state index contributed by atoms with van der Waals surface area (Å²) in [5, 5.41) is 31.6. The maximum Gasteiger partial charge on any atom is 0.339 e. The van der Waals surface area contributed by atoms with Gasteiger partial charge >= 0.3 is 5.97 Å². The molecule has 0 saturated carbocycles. The molecule has 0 heterocycles. The zero-order valence-electron chi connectivity index (χ0n) is 18.8. The Morgan fingerprint density at radius 2 is 1.77 bits per heavy atom. The van der Waals surface area contributed by atoms with Crippen molar-refractivity contribution < 1.29 is 20.1 Å². The fourth-order valence-corrected chi connectivity index (χ4v) is 4.67. The van der Waals surface area contributed by atoms with Crippen LogP contribution in [0, 0.1) is 5.92 Å². The second-order valence-electron chi connectivity index (χ2n) is 8.90. The van der Waals surface area contributed by atoms with E-state index in [1.807, 2.05) is 19.9 Å². The molecule has 0 amide bonds. The number of benzene rings is 1. The molecule has 2 rings (SSSR count). The van der Waals surface area contributed by atoms with E-state index in [1.54, 1.807) is 6.07 Å². The molecule has 1 aliphatic carbocycles. The molecule has 1 aliphatic rings. The topological polar surface area (TPSA) is 77.8 Å². The van der Waals surface area contributed by atoms with Gasteiger partial charge in [0.1, 0.15) is 17.1 Å². The first-order chi connectivity index (χ1) is 14.3. The average molecular weight is 415 g/mol. The number of allylic oxidation sites excluding steroid dienone is 3. The molecular weight excluding hydrogens is 376 g/mol. The summed E-state index contributed by atoms with van der Waals surface area (Å²) in [6.45, 7) is 10.3. The fraction of sp³-hybridized carbons (Fsp3) is 0.577. The van der Waals surface area contributed by atoms with Gasteiger partial charge in [-0.15, -0.1) is 0 Å². The van der Waals surface area contributed by atoms with E-state index >= 15 is 0 Å². The number of unbranched alkanes of at least 4 members (excludes halogenated alkanes) is 6. The van der Waals surface area contributed by atoms with Crippen molar-refractivity contribution in [2.45, 2.75) is 90.9 Å². The van der Waals surface area contributed by atoms with Gasteiger partial charge in [0.2, 0.25) is 0 Å². The van der Waals surface area contributed by atoms with Crippen LogP contribution in [0.15, 0.2) is 29.9 Å². The number of carbonyl (C=O) groups is 1. The van der Waals surface area contributed by atoms with Gasteiger partial charge in [0.25, 0.3) is 0 Å². The first-order valence-electron chi connectivity index (χ1n) is 11.4. The number of aryl methyl sites for hydroxylation is 1. The largest absolute Gasteiger partial charge is 0.507 e. The van der Waals surface area contributed by atoms with Gasteiger partial charge in [0, 0.05) is 11.5 Å². The van der Waals surface area contributed by atoms with Crippen molar-refractivity contribution >= 4 is 5.97 Å². The molecule has 0 aromatic heterocycles. The molecule has 0 radical (unpaired) electrons. The Balaban J connectivity index is 2.28. The van der Waals surface area contributed by atoms with Crippen LogP contribution in [-0.2, 0) is 6.42 Å². The van der Waals surface area contributed by atoms with Gasteiger partial charge in [-0.25, -0.2) is 4.79 Å². The van der Waals surface area contributed by atoms with Crippen LogP contribution in [0.4, 0.5) is 0 Å². The number of aromatic hydroxyl groups is 2. The number of aromatic carboxylic acids is 1. The summed E-state index contributed by atoms with van der Waals surface area (Å²) in [5.41, 5.74) is 2.93. The standard InChI is InChI=1S/C26H38O4/c1-5-6-7-8-9-10-11-12-19-16-22(27)24(25(28)23(19)26(29)30)21-15-18(4)13-14-20(21)17(2)3/h15-16,20-21,27-28H,2,5-14H2,1,3-4H3,(H,29,30)/t20-,21+/m0/s1. The van der Waals surface area contributed by atoms with Gasteiger partial charge in [-0.2, -0.15) is 0 Å². The Hall–Kier alpha value is -2.23. The predicted molar refractivity (Wildman–Crippen MR) is 122 cm³/mol. The van der Waals surface area contributed by atoms with E-state index in [0.717, 1.165) is 37.7 Å². The van der Waals surface area contributed by atoms with Crippen LogP contribution in [0.5, 0.6) is 11.5 Å². The third-order valence-corrected chi connectivity index (χ3v) is 6.38. The van der Waals surface area contributed by atoms with E-state index in [4.69, 9.17) is 0 Å². The van der Waals surface area contributed by atoms with Crippen LogP contribution in [0.1, 0.15) is 106 Å². The van der Waals surface area contributed by atoms with Crippen LogP contribution >= 0.6 is 0 Å². The molecule has 0 spiro atoms. The fourth-order valence-electron chi connectivity index (χ4n) is 4.67. The predicted octanol–water partition coefficient (Wildman–Crippen LogP) is 7.11. The van der Waals surface area contributed by atoms with Crippen molar-refractivity contribution in [3.8, 4) is 11.5 Å². The van der Waals surface area contributed by atoms with E-state index in [-0.39, 0.29) is 28.9 Å². The minimum atomic E-state index is -1.14. The van der Waals surface area contributed by atoms with E-state index in [1.165, 1.54) is 31.3 Å². The number of carboxylic acids is 1. The highest BCUT2D eigenvalue weighted by Crippen LogP contribution is 2.48. The van der Waals surface area contributed by atoms with Crippen LogP contribution in [0.3, 0.4) is 0 Å². The highest BCUT2D eigenvalue weighted by atomic mass is 16.4. The normalized spacial score (nSPS) is 18.8. The van der Waals surface area contributed by atoms with E-state index in [9.17, 15) is 20.1 Å². The number of rotatable bonds is 11. The number of carboxylic acid groups (broad SMARTS) is 1. The molecule has 1 aromatic rings. The highest BCUT2D eigenvalue weighted by molar-refractivity contribution is 5.94. The zero-order chi connectivity index (χ0) is 22.3. The van der Waals surface area contributed by atoms with Crippen molar-refractivity contribution in [3.05, 3.63) is 46.6 Å².